The van der Waals surface area contributed by atoms with E-state index in [-0.39, 0.29) is 0 Å². The molecule has 0 aliphatic carbocycles. The molecule has 1 N–H and O–H groups in total. The number of aryl methyl sites for hydroxylation is 1. The average Bonchev–Trinajstić information content (AvgIpc) is 2.73. The Morgan fingerprint density at radius 2 is 2.15 bits per heavy atom. The number of hydrogen-bond acceptors (Lipinski definition) is 4. The van der Waals surface area contributed by atoms with Crippen LogP contribution < -0.4 is 5.32 Å². The van der Waals surface area contributed by atoms with Crippen LogP contribution in [0.5, 0.6) is 0 Å². The lowest BCUT2D eigenvalue weighted by Crippen LogP contribution is -2.61. The van der Waals surface area contributed by atoms with Gasteiger partial charge in [0.05, 0.1) is 10.7 Å². The zero-order valence-electron chi connectivity index (χ0n) is 13.7. The van der Waals surface area contributed by atoms with E-state index in [4.69, 9.17) is 0 Å². The zero-order chi connectivity index (χ0) is 14.9. The Morgan fingerprint density at radius 3 is 2.65 bits per heavy atom. The molecule has 0 saturated carbocycles. The zero-order valence-corrected chi connectivity index (χ0v) is 14.5. The Hall–Kier alpha value is -0.450. The summed E-state index contributed by atoms with van der Waals surface area (Å²) in [6.07, 6.45) is 0. The lowest BCUT2D eigenvalue weighted by molar-refractivity contribution is 0.0392. The molecule has 1 aliphatic rings. The summed E-state index contributed by atoms with van der Waals surface area (Å²) in [5, 5.41) is 7.12. The third-order valence-corrected chi connectivity index (χ3v) is 5.10. The molecule has 2 rings (SSSR count). The molecular weight excluding hydrogens is 266 g/mol. The molecule has 20 heavy (non-hydrogen) atoms. The molecule has 2 atom stereocenters. The average molecular weight is 295 g/mol. The molecule has 0 amide bonds. The summed E-state index contributed by atoms with van der Waals surface area (Å²) in [4.78, 5) is 7.28. The quantitative estimate of drug-likeness (QED) is 0.927. The molecule has 1 saturated heterocycles. The number of nitrogens with one attached hydrogen (secondary N) is 1. The number of aromatic nitrogens is 1. The number of nitrogens with zero attached hydrogens (tertiary/aromatic N) is 2. The smallest absolute Gasteiger partial charge is 0.0897 e. The van der Waals surface area contributed by atoms with Gasteiger partial charge in [0.25, 0.3) is 0 Å². The van der Waals surface area contributed by atoms with Crippen molar-refractivity contribution in [2.24, 2.45) is 11.3 Å². The minimum Gasteiger partial charge on any atom is -0.311 e. The molecule has 2 unspecified atom stereocenters. The molecule has 0 aromatic carbocycles. The number of thiazole rings is 1. The second kappa shape index (κ2) is 6.12. The van der Waals surface area contributed by atoms with E-state index in [9.17, 15) is 0 Å². The molecule has 1 aromatic rings. The Kier molecular flexibility index (Phi) is 4.88. The first-order chi connectivity index (χ1) is 9.27. The number of rotatable bonds is 3. The van der Waals surface area contributed by atoms with Crippen LogP contribution in [0.25, 0.3) is 0 Å². The van der Waals surface area contributed by atoms with Crippen LogP contribution in [0.15, 0.2) is 5.38 Å². The highest BCUT2D eigenvalue weighted by Crippen LogP contribution is 2.29. The third-order valence-electron chi connectivity index (χ3n) is 4.28. The summed E-state index contributed by atoms with van der Waals surface area (Å²) >= 11 is 1.76. The van der Waals surface area contributed by atoms with E-state index in [0.717, 1.165) is 19.6 Å². The van der Waals surface area contributed by atoms with Gasteiger partial charge in [0.1, 0.15) is 0 Å². The molecule has 0 radical (unpaired) electrons. The highest BCUT2D eigenvalue weighted by molar-refractivity contribution is 7.09. The Morgan fingerprint density at radius 1 is 1.45 bits per heavy atom. The standard InChI is InChI=1S/C16H29N3S/c1-11(2)14-9-19(8-13-10-20-12(3)18-13)15(7-17-14)16(4,5)6/h10-11,14-15,17H,7-9H2,1-6H3. The normalized spacial score (nSPS) is 25.4. The van der Waals surface area contributed by atoms with Gasteiger partial charge in [-0.15, -0.1) is 11.3 Å². The van der Waals surface area contributed by atoms with E-state index in [2.05, 4.69) is 62.1 Å². The molecule has 1 fully saturated rings. The van der Waals surface area contributed by atoms with Crippen molar-refractivity contribution >= 4 is 11.3 Å². The summed E-state index contributed by atoms with van der Waals surface area (Å²) < 4.78 is 0. The summed E-state index contributed by atoms with van der Waals surface area (Å²) in [7, 11) is 0. The fourth-order valence-corrected chi connectivity index (χ4v) is 3.60. The Bertz CT molecular complexity index is 433. The maximum absolute atomic E-state index is 4.65. The fourth-order valence-electron chi connectivity index (χ4n) is 3.00. The van der Waals surface area contributed by atoms with Crippen molar-refractivity contribution in [2.75, 3.05) is 13.1 Å². The molecule has 0 spiro atoms. The van der Waals surface area contributed by atoms with Crippen LogP contribution in [-0.4, -0.2) is 35.1 Å². The van der Waals surface area contributed by atoms with Crippen molar-refractivity contribution in [3.8, 4) is 0 Å². The van der Waals surface area contributed by atoms with Crippen molar-refractivity contribution in [1.82, 2.24) is 15.2 Å². The van der Waals surface area contributed by atoms with Crippen LogP contribution in [0.2, 0.25) is 0 Å². The van der Waals surface area contributed by atoms with Gasteiger partial charge in [-0.3, -0.25) is 4.90 Å². The third kappa shape index (κ3) is 3.80. The SMILES string of the molecule is Cc1nc(CN2CC(C(C)C)NCC2C(C)(C)C)cs1. The van der Waals surface area contributed by atoms with Crippen LogP contribution in [0.3, 0.4) is 0 Å². The predicted molar refractivity (Wildman–Crippen MR) is 87.1 cm³/mol. The van der Waals surface area contributed by atoms with Crippen LogP contribution >= 0.6 is 11.3 Å². The number of hydrogen-bond donors (Lipinski definition) is 1. The minimum absolute atomic E-state index is 0.292. The summed E-state index contributed by atoms with van der Waals surface area (Å²) in [5.41, 5.74) is 1.52. The van der Waals surface area contributed by atoms with Crippen LogP contribution in [-0.2, 0) is 6.54 Å². The Balaban J connectivity index is 2.13. The Labute approximate surface area is 127 Å². The van der Waals surface area contributed by atoms with Crippen LogP contribution in [0.4, 0.5) is 0 Å². The molecular formula is C16H29N3S. The molecule has 3 nitrogen and oxygen atoms in total. The summed E-state index contributed by atoms with van der Waals surface area (Å²) in [6.45, 7) is 16.9. The summed E-state index contributed by atoms with van der Waals surface area (Å²) in [6, 6.07) is 1.16. The minimum atomic E-state index is 0.292. The fraction of sp³-hybridized carbons (Fsp3) is 0.812. The van der Waals surface area contributed by atoms with Crippen molar-refractivity contribution < 1.29 is 0 Å². The lowest BCUT2D eigenvalue weighted by atomic mass is 9.83. The number of piperazine rings is 1. The van der Waals surface area contributed by atoms with E-state index < -0.39 is 0 Å². The van der Waals surface area contributed by atoms with E-state index >= 15 is 0 Å². The molecule has 1 aliphatic heterocycles. The van der Waals surface area contributed by atoms with Gasteiger partial charge >= 0.3 is 0 Å². The van der Waals surface area contributed by atoms with E-state index in [0.29, 0.717) is 23.4 Å². The van der Waals surface area contributed by atoms with Gasteiger partial charge < -0.3 is 5.32 Å². The van der Waals surface area contributed by atoms with Crippen molar-refractivity contribution in [3.05, 3.63) is 16.1 Å². The summed E-state index contributed by atoms with van der Waals surface area (Å²) in [5.74, 6) is 0.676. The van der Waals surface area contributed by atoms with Gasteiger partial charge in [0.2, 0.25) is 0 Å². The van der Waals surface area contributed by atoms with Gasteiger partial charge in [-0.2, -0.15) is 0 Å². The maximum Gasteiger partial charge on any atom is 0.0897 e. The molecule has 0 bridgehead atoms. The van der Waals surface area contributed by atoms with Crippen LogP contribution in [0, 0.1) is 18.3 Å². The van der Waals surface area contributed by atoms with Crippen molar-refractivity contribution in [1.29, 1.82) is 0 Å². The van der Waals surface area contributed by atoms with E-state index in [1.165, 1.54) is 10.7 Å². The van der Waals surface area contributed by atoms with Crippen LogP contribution in [0.1, 0.15) is 45.3 Å². The molecule has 2 heterocycles. The van der Waals surface area contributed by atoms with Gasteiger partial charge in [-0.05, 0) is 18.3 Å². The molecule has 1 aromatic heterocycles. The van der Waals surface area contributed by atoms with E-state index in [1.807, 2.05) is 0 Å². The van der Waals surface area contributed by atoms with Gasteiger partial charge in [0.15, 0.2) is 0 Å². The van der Waals surface area contributed by atoms with Gasteiger partial charge in [-0.1, -0.05) is 34.6 Å². The maximum atomic E-state index is 4.65. The monoisotopic (exact) mass is 295 g/mol. The second-order valence-corrected chi connectivity index (χ2v) is 8.49. The van der Waals surface area contributed by atoms with Gasteiger partial charge in [-0.25, -0.2) is 4.98 Å². The first kappa shape index (κ1) is 15.9. The highest BCUT2D eigenvalue weighted by Gasteiger charge is 2.36. The van der Waals surface area contributed by atoms with Crippen molar-refractivity contribution in [3.63, 3.8) is 0 Å². The predicted octanol–water partition coefficient (Wildman–Crippen LogP) is 3.30. The molecule has 4 heteroatoms. The van der Waals surface area contributed by atoms with Crippen molar-refractivity contribution in [2.45, 2.75) is 60.2 Å². The lowest BCUT2D eigenvalue weighted by Gasteiger charge is -2.47. The van der Waals surface area contributed by atoms with E-state index in [1.54, 1.807) is 11.3 Å². The second-order valence-electron chi connectivity index (χ2n) is 7.43. The molecule has 114 valence electrons. The topological polar surface area (TPSA) is 28.2 Å². The highest BCUT2D eigenvalue weighted by atomic mass is 32.1. The van der Waals surface area contributed by atoms with Gasteiger partial charge in [0, 0.05) is 37.1 Å². The first-order valence-electron chi connectivity index (χ1n) is 7.66. The first-order valence-corrected chi connectivity index (χ1v) is 8.54. The largest absolute Gasteiger partial charge is 0.311 e.